The molecule has 4 aromatic rings. The van der Waals surface area contributed by atoms with Crippen molar-refractivity contribution >= 4 is 63.4 Å². The molecule has 0 unspecified atom stereocenters. The van der Waals surface area contributed by atoms with Gasteiger partial charge in [0.2, 0.25) is 5.13 Å². The van der Waals surface area contributed by atoms with E-state index in [1.165, 1.54) is 22.4 Å². The van der Waals surface area contributed by atoms with Crippen LogP contribution in [0.1, 0.15) is 97.1 Å². The fourth-order valence-corrected chi connectivity index (χ4v) is 7.72. The Morgan fingerprint density at radius 2 is 1.41 bits per heavy atom. The number of fused-ring (bicyclic) bond motifs is 2. The number of aryl methyl sites for hydroxylation is 1. The minimum Gasteiger partial charge on any atom is -0.498 e. The Morgan fingerprint density at radius 1 is 0.734 bits per heavy atom. The van der Waals surface area contributed by atoms with Gasteiger partial charge in [0.25, 0.3) is 0 Å². The fourth-order valence-electron chi connectivity index (χ4n) is 6.80. The number of anilines is 1. The molecule has 2 aliphatic carbocycles. The lowest BCUT2D eigenvalue weighted by atomic mass is 10.0. The summed E-state index contributed by atoms with van der Waals surface area (Å²) in [7, 11) is 0. The Labute approximate surface area is 377 Å². The Balaban J connectivity index is 1.11. The molecule has 0 fully saturated rings. The zero-order valence-electron chi connectivity index (χ0n) is 35.9. The van der Waals surface area contributed by atoms with Crippen LogP contribution in [-0.2, 0) is 35.0 Å². The summed E-state index contributed by atoms with van der Waals surface area (Å²) in [5.41, 5.74) is 5.15. The first-order chi connectivity index (χ1) is 31.3. The number of hydrazone groups is 1. The van der Waals surface area contributed by atoms with Crippen LogP contribution in [0.4, 0.5) is 5.13 Å². The molecule has 0 radical (unpaired) electrons. The molecule has 1 aromatic heterocycles. The number of rotatable bonds is 25. The standard InChI is InChI=1S/C50H53N3O10S/c1-3-45(54)60-31-15-7-5-13-29-58-38-25-21-35(22-26-38)48(56)62-43-33-37(34-51-53-50-52-42-19-11-12-20-44(42)64-50)47(41-18-10-9-17-40(41)43)63-49(57)36-23-27-39(28-24-36)59-30-14-6-8-16-32-61-46(55)4-2/h3-4,9-11,17-19,21,23-25,27-28,33-34H,1-2,5-8,12-16,20,22,26,29-32H2,(H,52,53)/b51-34+. The van der Waals surface area contributed by atoms with Gasteiger partial charge in [-0.05, 0) is 119 Å². The number of aromatic nitrogens is 1. The van der Waals surface area contributed by atoms with Gasteiger partial charge in [-0.1, -0.05) is 54.8 Å². The summed E-state index contributed by atoms with van der Waals surface area (Å²) in [6.07, 6.45) is 21.3. The molecule has 0 aliphatic heterocycles. The van der Waals surface area contributed by atoms with Crippen LogP contribution in [0.25, 0.3) is 16.8 Å². The van der Waals surface area contributed by atoms with E-state index >= 15 is 0 Å². The maximum atomic E-state index is 13.7. The Bertz CT molecular complexity index is 2410. The van der Waals surface area contributed by atoms with Crippen molar-refractivity contribution in [1.29, 1.82) is 0 Å². The van der Waals surface area contributed by atoms with E-state index in [2.05, 4.69) is 34.7 Å². The second kappa shape index (κ2) is 24.7. The van der Waals surface area contributed by atoms with Crippen LogP contribution < -0.4 is 19.6 Å². The molecule has 0 spiro atoms. The third kappa shape index (κ3) is 14.1. The van der Waals surface area contributed by atoms with E-state index in [1.54, 1.807) is 54.6 Å². The third-order valence-electron chi connectivity index (χ3n) is 10.2. The first-order valence-electron chi connectivity index (χ1n) is 21.6. The van der Waals surface area contributed by atoms with Crippen molar-refractivity contribution in [2.45, 2.75) is 77.0 Å². The van der Waals surface area contributed by atoms with Crippen LogP contribution >= 0.6 is 11.3 Å². The maximum absolute atomic E-state index is 13.7. The van der Waals surface area contributed by atoms with Gasteiger partial charge in [-0.25, -0.2) is 24.2 Å². The van der Waals surface area contributed by atoms with Gasteiger partial charge in [-0.3, -0.25) is 5.43 Å². The van der Waals surface area contributed by atoms with Gasteiger partial charge < -0.3 is 28.4 Å². The van der Waals surface area contributed by atoms with E-state index in [4.69, 9.17) is 28.4 Å². The van der Waals surface area contributed by atoms with E-state index in [0.29, 0.717) is 77.6 Å². The molecule has 6 rings (SSSR count). The molecule has 1 N–H and O–H groups in total. The van der Waals surface area contributed by atoms with Crippen molar-refractivity contribution in [2.75, 3.05) is 31.9 Å². The number of carbonyl (C=O) groups is 4. The van der Waals surface area contributed by atoms with Crippen molar-refractivity contribution in [2.24, 2.45) is 5.10 Å². The number of esters is 4. The van der Waals surface area contributed by atoms with E-state index < -0.39 is 23.9 Å². The van der Waals surface area contributed by atoms with E-state index in [9.17, 15) is 19.2 Å². The van der Waals surface area contributed by atoms with Crippen molar-refractivity contribution < 1.29 is 47.6 Å². The minimum atomic E-state index is -0.593. The number of hydrogen-bond donors (Lipinski definition) is 1. The van der Waals surface area contributed by atoms with Crippen molar-refractivity contribution in [3.05, 3.63) is 131 Å². The maximum Gasteiger partial charge on any atom is 0.343 e. The summed E-state index contributed by atoms with van der Waals surface area (Å²) < 4.78 is 34.1. The first-order valence-corrected chi connectivity index (χ1v) is 22.4. The SMILES string of the molecule is C=CC(=O)OCCCCCCOC1=CC=C(C(=O)Oc2cc(/C=N/Nc3nc4c(s3)CCC=C4)c(OC(=O)c3ccc(OCCCCCCOC(=O)C=C)cc3)c3ccccc23)CC1. The predicted molar refractivity (Wildman–Crippen MR) is 248 cm³/mol. The summed E-state index contributed by atoms with van der Waals surface area (Å²) in [6, 6.07) is 15.6. The Morgan fingerprint density at radius 3 is 2.06 bits per heavy atom. The molecule has 0 atom stereocenters. The van der Waals surface area contributed by atoms with Gasteiger partial charge in [0, 0.05) is 45.4 Å². The van der Waals surface area contributed by atoms with Crippen molar-refractivity contribution in [1.82, 2.24) is 4.98 Å². The average molecular weight is 888 g/mol. The summed E-state index contributed by atoms with van der Waals surface area (Å²) in [6.45, 7) is 8.58. The summed E-state index contributed by atoms with van der Waals surface area (Å²) in [5.74, 6) is 0.0171. The molecular weight excluding hydrogens is 835 g/mol. The van der Waals surface area contributed by atoms with Gasteiger partial charge in [0.05, 0.1) is 49.7 Å². The highest BCUT2D eigenvalue weighted by atomic mass is 32.1. The highest BCUT2D eigenvalue weighted by molar-refractivity contribution is 7.15. The summed E-state index contributed by atoms with van der Waals surface area (Å²) in [5, 5.41) is 6.22. The normalized spacial score (nSPS) is 13.0. The quantitative estimate of drug-likeness (QED) is 0.0168. The summed E-state index contributed by atoms with van der Waals surface area (Å²) >= 11 is 1.53. The highest BCUT2D eigenvalue weighted by Gasteiger charge is 2.22. The zero-order valence-corrected chi connectivity index (χ0v) is 36.7. The predicted octanol–water partition coefficient (Wildman–Crippen LogP) is 10.4. The number of nitrogens with one attached hydrogen (secondary N) is 1. The molecule has 0 saturated heterocycles. The molecule has 13 nitrogen and oxygen atoms in total. The molecule has 0 amide bonds. The van der Waals surface area contributed by atoms with Crippen LogP contribution in [0.15, 0.2) is 115 Å². The molecule has 2 aliphatic rings. The minimum absolute atomic E-state index is 0.240. The number of allylic oxidation sites excluding steroid dienone is 4. The molecule has 334 valence electrons. The van der Waals surface area contributed by atoms with Gasteiger partial charge in [-0.15, -0.1) is 0 Å². The van der Waals surface area contributed by atoms with Crippen molar-refractivity contribution in [3.63, 3.8) is 0 Å². The molecular formula is C50H53N3O10S. The highest BCUT2D eigenvalue weighted by Crippen LogP contribution is 2.38. The molecule has 3 aromatic carbocycles. The molecule has 14 heteroatoms. The van der Waals surface area contributed by atoms with Gasteiger partial charge in [0.15, 0.2) is 0 Å². The second-order valence-corrected chi connectivity index (χ2v) is 16.0. The average Bonchev–Trinajstić information content (AvgIpc) is 3.74. The Kier molecular flexibility index (Phi) is 18.0. The number of ether oxygens (including phenoxy) is 6. The van der Waals surface area contributed by atoms with Gasteiger partial charge >= 0.3 is 23.9 Å². The molecule has 64 heavy (non-hydrogen) atoms. The van der Waals surface area contributed by atoms with Crippen LogP contribution in [0.2, 0.25) is 0 Å². The molecule has 0 bridgehead atoms. The van der Waals surface area contributed by atoms with E-state index in [0.717, 1.165) is 87.8 Å². The summed E-state index contributed by atoms with van der Waals surface area (Å²) in [4.78, 5) is 55.5. The number of thiazole rings is 1. The van der Waals surface area contributed by atoms with Crippen LogP contribution in [0.5, 0.6) is 17.2 Å². The first kappa shape index (κ1) is 46.7. The monoisotopic (exact) mass is 887 g/mol. The number of benzene rings is 3. The van der Waals surface area contributed by atoms with Crippen molar-refractivity contribution in [3.8, 4) is 17.2 Å². The molecule has 1 heterocycles. The number of carbonyl (C=O) groups excluding carboxylic acids is 4. The lowest BCUT2D eigenvalue weighted by molar-refractivity contribution is -0.138. The molecule has 0 saturated carbocycles. The number of nitrogens with zero attached hydrogens (tertiary/aromatic N) is 2. The lowest BCUT2D eigenvalue weighted by Gasteiger charge is -2.17. The lowest BCUT2D eigenvalue weighted by Crippen LogP contribution is -2.15. The van der Waals surface area contributed by atoms with Crippen LogP contribution in [-0.4, -0.2) is 61.5 Å². The smallest absolute Gasteiger partial charge is 0.343 e. The zero-order chi connectivity index (χ0) is 44.9. The third-order valence-corrected chi connectivity index (χ3v) is 11.2. The van der Waals surface area contributed by atoms with E-state index in [1.807, 2.05) is 18.2 Å². The van der Waals surface area contributed by atoms with Gasteiger partial charge in [-0.2, -0.15) is 5.10 Å². The second-order valence-electron chi connectivity index (χ2n) is 14.9. The van der Waals surface area contributed by atoms with Crippen LogP contribution in [0, 0.1) is 0 Å². The van der Waals surface area contributed by atoms with Gasteiger partial charge in [0.1, 0.15) is 17.2 Å². The number of hydrogen-bond acceptors (Lipinski definition) is 14. The number of unbranched alkanes of at least 4 members (excludes halogenated alkanes) is 6. The van der Waals surface area contributed by atoms with Crippen LogP contribution in [0.3, 0.4) is 0 Å². The van der Waals surface area contributed by atoms with E-state index in [-0.39, 0.29) is 11.5 Å². The fraction of sp³-hybridized carbons (Fsp3) is 0.320. The Hall–Kier alpha value is -6.80. The topological polar surface area (TPSA) is 161 Å². The largest absolute Gasteiger partial charge is 0.498 e.